The summed E-state index contributed by atoms with van der Waals surface area (Å²) in [5.74, 6) is 0. The Labute approximate surface area is 93.4 Å². The summed E-state index contributed by atoms with van der Waals surface area (Å²) in [4.78, 5) is 2.43. The molecule has 3 nitrogen and oxygen atoms in total. The first kappa shape index (κ1) is 12.9. The zero-order valence-corrected chi connectivity index (χ0v) is 10.3. The molecule has 0 radical (unpaired) electrons. The van der Waals surface area contributed by atoms with Gasteiger partial charge >= 0.3 is 0 Å². The van der Waals surface area contributed by atoms with E-state index in [9.17, 15) is 5.11 Å². The van der Waals surface area contributed by atoms with E-state index in [1.165, 1.54) is 0 Å². The minimum absolute atomic E-state index is 0.185. The van der Waals surface area contributed by atoms with Gasteiger partial charge in [-0.15, -0.1) is 0 Å². The molecule has 0 amide bonds. The van der Waals surface area contributed by atoms with E-state index < -0.39 is 0 Å². The van der Waals surface area contributed by atoms with Gasteiger partial charge in [0.05, 0.1) is 6.10 Å². The number of hydrogen-bond donors (Lipinski definition) is 1. The molecule has 1 saturated heterocycles. The minimum atomic E-state index is -0.185. The fraction of sp³-hybridized carbons (Fsp3) is 1.00. The molecule has 90 valence electrons. The maximum absolute atomic E-state index is 9.73. The summed E-state index contributed by atoms with van der Waals surface area (Å²) >= 11 is 0. The number of hydrogen-bond acceptors (Lipinski definition) is 3. The second kappa shape index (κ2) is 6.46. The Hall–Kier alpha value is -0.120. The maximum Gasteiger partial charge on any atom is 0.0664 e. The Kier molecular flexibility index (Phi) is 5.58. The molecule has 1 rings (SSSR count). The highest BCUT2D eigenvalue weighted by atomic mass is 16.5. The van der Waals surface area contributed by atoms with Crippen LogP contribution < -0.4 is 0 Å². The molecule has 0 bridgehead atoms. The lowest BCUT2D eigenvalue weighted by Crippen LogP contribution is -2.47. The monoisotopic (exact) mass is 215 g/mol. The standard InChI is InChI=1S/C12H25NO2/c1-4-12(14)9-13(10(2)3)11-5-7-15-8-6-11/h10-12,14H,4-9H2,1-3H3/t12-/m1/s1. The summed E-state index contributed by atoms with van der Waals surface area (Å²) in [6.07, 6.45) is 2.87. The van der Waals surface area contributed by atoms with Crippen molar-refractivity contribution in [2.24, 2.45) is 0 Å². The Morgan fingerprint density at radius 3 is 2.40 bits per heavy atom. The largest absolute Gasteiger partial charge is 0.392 e. The van der Waals surface area contributed by atoms with Crippen LogP contribution in [-0.2, 0) is 4.74 Å². The Morgan fingerprint density at radius 1 is 1.33 bits per heavy atom. The van der Waals surface area contributed by atoms with Crippen molar-refractivity contribution in [1.29, 1.82) is 0 Å². The number of ether oxygens (including phenoxy) is 1. The fourth-order valence-electron chi connectivity index (χ4n) is 2.17. The van der Waals surface area contributed by atoms with Gasteiger partial charge in [-0.25, -0.2) is 0 Å². The molecular formula is C12H25NO2. The van der Waals surface area contributed by atoms with Gasteiger partial charge in [0.25, 0.3) is 0 Å². The van der Waals surface area contributed by atoms with E-state index in [4.69, 9.17) is 4.74 Å². The van der Waals surface area contributed by atoms with Gasteiger partial charge in [0.2, 0.25) is 0 Å². The summed E-state index contributed by atoms with van der Waals surface area (Å²) in [6, 6.07) is 1.11. The Morgan fingerprint density at radius 2 is 1.93 bits per heavy atom. The molecule has 1 N–H and O–H groups in total. The molecule has 0 saturated carbocycles. The molecule has 0 unspecified atom stereocenters. The van der Waals surface area contributed by atoms with Crippen LogP contribution in [0.4, 0.5) is 0 Å². The number of nitrogens with zero attached hydrogens (tertiary/aromatic N) is 1. The molecule has 0 aliphatic carbocycles. The van der Waals surface area contributed by atoms with Crippen molar-refractivity contribution in [3.63, 3.8) is 0 Å². The van der Waals surface area contributed by atoms with Gasteiger partial charge in [-0.1, -0.05) is 6.92 Å². The smallest absolute Gasteiger partial charge is 0.0664 e. The highest BCUT2D eigenvalue weighted by Crippen LogP contribution is 2.17. The van der Waals surface area contributed by atoms with Crippen molar-refractivity contribution in [2.45, 2.75) is 58.2 Å². The van der Waals surface area contributed by atoms with E-state index in [1.54, 1.807) is 0 Å². The lowest BCUT2D eigenvalue weighted by molar-refractivity contribution is 0.000714. The molecule has 1 aliphatic rings. The van der Waals surface area contributed by atoms with Gasteiger partial charge in [0.15, 0.2) is 0 Å². The SMILES string of the molecule is CC[C@@H](O)CN(C(C)C)C1CCOCC1. The van der Waals surface area contributed by atoms with Crippen molar-refractivity contribution < 1.29 is 9.84 Å². The molecule has 1 heterocycles. The third kappa shape index (κ3) is 4.09. The summed E-state index contributed by atoms with van der Waals surface area (Å²) in [5.41, 5.74) is 0. The van der Waals surface area contributed by atoms with Crippen LogP contribution in [0.15, 0.2) is 0 Å². The van der Waals surface area contributed by atoms with Gasteiger partial charge in [0, 0.05) is 31.8 Å². The van der Waals surface area contributed by atoms with Crippen LogP contribution in [0.2, 0.25) is 0 Å². The van der Waals surface area contributed by atoms with Gasteiger partial charge in [-0.2, -0.15) is 0 Å². The summed E-state index contributed by atoms with van der Waals surface area (Å²) in [7, 11) is 0. The van der Waals surface area contributed by atoms with Crippen LogP contribution in [0.3, 0.4) is 0 Å². The van der Waals surface area contributed by atoms with Crippen LogP contribution in [-0.4, -0.2) is 48.0 Å². The highest BCUT2D eigenvalue weighted by molar-refractivity contribution is 4.78. The molecule has 0 spiro atoms. The molecule has 3 heteroatoms. The molecule has 1 fully saturated rings. The van der Waals surface area contributed by atoms with E-state index in [1.807, 2.05) is 6.92 Å². The van der Waals surface area contributed by atoms with Crippen LogP contribution in [0.1, 0.15) is 40.0 Å². The highest BCUT2D eigenvalue weighted by Gasteiger charge is 2.24. The van der Waals surface area contributed by atoms with Crippen LogP contribution >= 0.6 is 0 Å². The van der Waals surface area contributed by atoms with Crippen molar-refractivity contribution in [2.75, 3.05) is 19.8 Å². The molecule has 15 heavy (non-hydrogen) atoms. The summed E-state index contributed by atoms with van der Waals surface area (Å²) in [6.45, 7) is 8.99. The molecular weight excluding hydrogens is 190 g/mol. The number of aliphatic hydroxyl groups excluding tert-OH is 1. The summed E-state index contributed by atoms with van der Waals surface area (Å²) in [5, 5.41) is 9.73. The first-order valence-corrected chi connectivity index (χ1v) is 6.16. The van der Waals surface area contributed by atoms with E-state index in [0.29, 0.717) is 12.1 Å². The van der Waals surface area contributed by atoms with Crippen LogP contribution in [0, 0.1) is 0 Å². The average molecular weight is 215 g/mol. The molecule has 1 atom stereocenters. The quantitative estimate of drug-likeness (QED) is 0.757. The zero-order valence-electron chi connectivity index (χ0n) is 10.3. The maximum atomic E-state index is 9.73. The van der Waals surface area contributed by atoms with Crippen molar-refractivity contribution >= 4 is 0 Å². The summed E-state index contributed by atoms with van der Waals surface area (Å²) < 4.78 is 5.37. The number of aliphatic hydroxyl groups is 1. The lowest BCUT2D eigenvalue weighted by atomic mass is 10.0. The minimum Gasteiger partial charge on any atom is -0.392 e. The van der Waals surface area contributed by atoms with Crippen molar-refractivity contribution in [3.05, 3.63) is 0 Å². The van der Waals surface area contributed by atoms with Crippen molar-refractivity contribution in [3.8, 4) is 0 Å². The second-order valence-electron chi connectivity index (χ2n) is 4.70. The molecule has 0 aromatic heterocycles. The average Bonchev–Trinajstić information content (AvgIpc) is 2.26. The third-order valence-electron chi connectivity index (χ3n) is 3.22. The predicted molar refractivity (Wildman–Crippen MR) is 62.0 cm³/mol. The first-order valence-electron chi connectivity index (χ1n) is 6.16. The van der Waals surface area contributed by atoms with Gasteiger partial charge < -0.3 is 9.84 Å². The van der Waals surface area contributed by atoms with Crippen LogP contribution in [0.25, 0.3) is 0 Å². The van der Waals surface area contributed by atoms with Crippen molar-refractivity contribution in [1.82, 2.24) is 4.90 Å². The molecule has 1 aliphatic heterocycles. The predicted octanol–water partition coefficient (Wildman–Crippen LogP) is 1.65. The zero-order chi connectivity index (χ0) is 11.3. The van der Waals surface area contributed by atoms with Crippen LogP contribution in [0.5, 0.6) is 0 Å². The second-order valence-corrected chi connectivity index (χ2v) is 4.70. The van der Waals surface area contributed by atoms with Gasteiger partial charge in [-0.05, 0) is 33.1 Å². The van der Waals surface area contributed by atoms with Gasteiger partial charge in [0.1, 0.15) is 0 Å². The lowest BCUT2D eigenvalue weighted by Gasteiger charge is -2.38. The van der Waals surface area contributed by atoms with Gasteiger partial charge in [-0.3, -0.25) is 4.90 Å². The van der Waals surface area contributed by atoms with E-state index in [0.717, 1.165) is 39.0 Å². The number of rotatable bonds is 5. The third-order valence-corrected chi connectivity index (χ3v) is 3.22. The Bertz CT molecular complexity index is 167. The van der Waals surface area contributed by atoms with E-state index in [2.05, 4.69) is 18.7 Å². The first-order chi connectivity index (χ1) is 7.15. The Balaban J connectivity index is 2.48. The molecule has 0 aromatic carbocycles. The van der Waals surface area contributed by atoms with E-state index in [-0.39, 0.29) is 6.10 Å². The topological polar surface area (TPSA) is 32.7 Å². The van der Waals surface area contributed by atoms with E-state index >= 15 is 0 Å². The fourth-order valence-corrected chi connectivity index (χ4v) is 2.17. The molecule has 0 aromatic rings. The normalized spacial score (nSPS) is 21.2.